The first-order valence-corrected chi connectivity index (χ1v) is 16.8. The maximum Gasteiger partial charge on any atom is 0.227 e. The second-order valence-corrected chi connectivity index (χ2v) is 11.3. The van der Waals surface area contributed by atoms with Gasteiger partial charge in [0.2, 0.25) is 6.29 Å². The van der Waals surface area contributed by atoms with Crippen molar-refractivity contribution in [3.8, 4) is 0 Å². The van der Waals surface area contributed by atoms with Crippen molar-refractivity contribution >= 4 is 5.90 Å². The van der Waals surface area contributed by atoms with Gasteiger partial charge in [0.1, 0.15) is 48.8 Å². The zero-order chi connectivity index (χ0) is 36.7. The Kier molecular flexibility index (Phi) is 21.5. The highest BCUT2D eigenvalue weighted by molar-refractivity contribution is 5.75. The quantitative estimate of drug-likeness (QED) is 0.0331. The van der Waals surface area contributed by atoms with Crippen LogP contribution in [0, 0.1) is 0 Å². The monoisotopic (exact) mass is 737 g/mol. The number of aliphatic hydroxyl groups excluding tert-OH is 4. The summed E-state index contributed by atoms with van der Waals surface area (Å²) in [6, 6.07) is -0.822. The molecule has 3 heterocycles. The summed E-state index contributed by atoms with van der Waals surface area (Å²) in [6.07, 6.45) is -10.3. The second-order valence-electron chi connectivity index (χ2n) is 11.3. The molecule has 10 atom stereocenters. The van der Waals surface area contributed by atoms with Crippen LogP contribution in [0.2, 0.25) is 0 Å². The largest absolute Gasteiger partial charge is 0.450 e. The molecule has 0 aromatic heterocycles. The lowest BCUT2D eigenvalue weighted by Gasteiger charge is -2.46. The van der Waals surface area contributed by atoms with Gasteiger partial charge in [-0.05, 0) is 17.5 Å². The van der Waals surface area contributed by atoms with Crippen LogP contribution in [0.5, 0.6) is 0 Å². The van der Waals surface area contributed by atoms with Gasteiger partial charge in [-0.1, -0.05) is 10.2 Å². The summed E-state index contributed by atoms with van der Waals surface area (Å²) in [5.74, 6) is 0.310. The number of aliphatic hydroxyl groups is 4. The van der Waals surface area contributed by atoms with E-state index in [0.717, 1.165) is 0 Å². The molecule has 3 aliphatic rings. The van der Waals surface area contributed by atoms with E-state index < -0.39 is 68.0 Å². The summed E-state index contributed by atoms with van der Waals surface area (Å²) < 4.78 is 61.8. The van der Waals surface area contributed by atoms with Crippen molar-refractivity contribution in [1.82, 2.24) is 0 Å². The fourth-order valence-corrected chi connectivity index (χ4v) is 5.24. The number of nitrogens with zero attached hydrogens (tertiary/aromatic N) is 7. The third-order valence-corrected chi connectivity index (χ3v) is 7.68. The normalized spacial score (nSPS) is 30.2. The summed E-state index contributed by atoms with van der Waals surface area (Å²) >= 11 is 0. The Morgan fingerprint density at radius 2 is 1.25 bits per heavy atom. The van der Waals surface area contributed by atoms with Crippen molar-refractivity contribution in [2.24, 2.45) is 15.2 Å². The van der Waals surface area contributed by atoms with Gasteiger partial charge in [0.15, 0.2) is 12.2 Å². The highest BCUT2D eigenvalue weighted by Crippen LogP contribution is 2.33. The van der Waals surface area contributed by atoms with Crippen molar-refractivity contribution in [3.63, 3.8) is 0 Å². The molecule has 0 saturated carbocycles. The number of ether oxygens (including phenoxy) is 11. The third kappa shape index (κ3) is 15.2. The predicted octanol–water partition coefficient (Wildman–Crippen LogP) is -0.791. The van der Waals surface area contributed by atoms with Gasteiger partial charge >= 0.3 is 0 Å². The fourth-order valence-electron chi connectivity index (χ4n) is 5.24. The summed E-state index contributed by atoms with van der Waals surface area (Å²) in [6.45, 7) is 4.80. The van der Waals surface area contributed by atoms with E-state index in [1.807, 2.05) is 0 Å². The highest BCUT2D eigenvalue weighted by atomic mass is 16.7. The molecule has 0 aliphatic carbocycles. The topological polar surface area (TPSA) is 292 Å². The average Bonchev–Trinajstić information content (AvgIpc) is 3.51. The van der Waals surface area contributed by atoms with Crippen LogP contribution in [0.25, 0.3) is 20.9 Å². The number of hydrogen-bond donors (Lipinski definition) is 4. The van der Waals surface area contributed by atoms with Crippen LogP contribution in [-0.2, 0) is 52.1 Å². The first-order chi connectivity index (χ1) is 24.9. The minimum atomic E-state index is -1.52. The van der Waals surface area contributed by atoms with Crippen molar-refractivity contribution in [2.45, 2.75) is 74.7 Å². The van der Waals surface area contributed by atoms with Crippen LogP contribution in [0.15, 0.2) is 15.2 Å². The van der Waals surface area contributed by atoms with Crippen molar-refractivity contribution in [1.29, 1.82) is 0 Å². The minimum absolute atomic E-state index is 0.0106. The van der Waals surface area contributed by atoms with Gasteiger partial charge in [-0.25, -0.2) is 4.99 Å². The molecule has 3 aliphatic heterocycles. The van der Waals surface area contributed by atoms with Gasteiger partial charge in [0.05, 0.1) is 79.3 Å². The summed E-state index contributed by atoms with van der Waals surface area (Å²) in [4.78, 5) is 9.54. The zero-order valence-electron chi connectivity index (χ0n) is 28.7. The van der Waals surface area contributed by atoms with Gasteiger partial charge < -0.3 is 72.5 Å². The minimum Gasteiger partial charge on any atom is -0.450 e. The van der Waals surface area contributed by atoms with Crippen molar-refractivity contribution in [3.05, 3.63) is 20.9 Å². The van der Waals surface area contributed by atoms with Crippen LogP contribution in [0.4, 0.5) is 0 Å². The molecule has 22 heteroatoms. The van der Waals surface area contributed by atoms with Crippen LogP contribution in [-0.4, -0.2) is 193 Å². The number of azide groups is 2. The molecule has 3 rings (SSSR count). The molecule has 0 unspecified atom stereocenters. The average molecular weight is 738 g/mol. The molecule has 0 bridgehead atoms. The van der Waals surface area contributed by atoms with Crippen LogP contribution < -0.4 is 0 Å². The first-order valence-electron chi connectivity index (χ1n) is 16.8. The van der Waals surface area contributed by atoms with E-state index in [9.17, 15) is 20.4 Å². The van der Waals surface area contributed by atoms with Gasteiger partial charge in [-0.2, -0.15) is 0 Å². The lowest BCUT2D eigenvalue weighted by molar-refractivity contribution is -0.346. The maximum absolute atomic E-state index is 11.2. The van der Waals surface area contributed by atoms with Crippen LogP contribution in [0.1, 0.15) is 13.3 Å². The van der Waals surface area contributed by atoms with Crippen molar-refractivity contribution < 1.29 is 72.5 Å². The van der Waals surface area contributed by atoms with Gasteiger partial charge in [-0.3, -0.25) is 0 Å². The number of aliphatic imine (C=N–C) groups is 1. The molecule has 2 fully saturated rings. The van der Waals surface area contributed by atoms with E-state index >= 15 is 0 Å². The SMILES string of the molecule is CC1=N[C@H]2[C@@H](O1)O[C@H](CO)[C@@H](O[C@@H]1O[C@H](COCCOCCCOCCOCCN=[N+]=[N-])[C@@H](O)[C@H](OCCOCCOCCN=[N+]=[N-])[C@@H]1O)[C@@H]2O. The molecular weight excluding hydrogens is 686 g/mol. The van der Waals surface area contributed by atoms with E-state index in [1.165, 1.54) is 0 Å². The Hall–Kier alpha value is -2.47. The lowest BCUT2D eigenvalue weighted by Crippen LogP contribution is -2.64. The first kappa shape index (κ1) is 42.9. The molecular formula is C29H51N7O15. The fraction of sp³-hybridized carbons (Fsp3) is 0.966. The Morgan fingerprint density at radius 1 is 0.686 bits per heavy atom. The van der Waals surface area contributed by atoms with Crippen molar-refractivity contribution in [2.75, 3.05) is 106 Å². The summed E-state index contributed by atoms with van der Waals surface area (Å²) in [7, 11) is 0. The molecule has 292 valence electrons. The van der Waals surface area contributed by atoms with Gasteiger partial charge in [0.25, 0.3) is 0 Å². The molecule has 0 amide bonds. The Labute approximate surface area is 295 Å². The molecule has 2 saturated heterocycles. The second kappa shape index (κ2) is 25.5. The van der Waals surface area contributed by atoms with Crippen LogP contribution >= 0.6 is 0 Å². The van der Waals surface area contributed by atoms with Gasteiger partial charge in [-0.15, -0.1) is 0 Å². The molecule has 4 N–H and O–H groups in total. The summed E-state index contributed by atoms with van der Waals surface area (Å²) in [5.41, 5.74) is 16.5. The lowest BCUT2D eigenvalue weighted by atomic mass is 9.96. The number of rotatable bonds is 28. The molecule has 51 heavy (non-hydrogen) atoms. The molecule has 0 aromatic rings. The van der Waals surface area contributed by atoms with Gasteiger partial charge in [0, 0.05) is 43.1 Å². The molecule has 0 radical (unpaired) electrons. The standard InChI is InChI=1S/C29H51N7O15/c1-19-34-22-24(39)26(20(17-37)49-28(22)48-19)51-29-25(40)27(47-16-15-45-12-11-44-8-4-33-36-31)23(38)21(50-29)18-46-14-13-42-6-2-5-41-9-10-43-7-3-32-35-30/h20-29,37-40H,2-18H2,1H3/t20-,21-,22-,23-,24-,25+,26-,27+,28+,29+/m1/s1. The number of fused-ring (bicyclic) bond motifs is 1. The van der Waals surface area contributed by atoms with E-state index in [4.69, 9.17) is 63.2 Å². The maximum atomic E-state index is 11.2. The van der Waals surface area contributed by atoms with E-state index in [1.54, 1.807) is 6.92 Å². The van der Waals surface area contributed by atoms with Crippen LogP contribution in [0.3, 0.4) is 0 Å². The molecule has 0 spiro atoms. The smallest absolute Gasteiger partial charge is 0.227 e. The molecule has 22 nitrogen and oxygen atoms in total. The highest BCUT2D eigenvalue weighted by Gasteiger charge is 2.53. The van der Waals surface area contributed by atoms with E-state index in [2.05, 4.69) is 25.0 Å². The Bertz CT molecular complexity index is 1090. The summed E-state index contributed by atoms with van der Waals surface area (Å²) in [5, 5.41) is 50.2. The Balaban J connectivity index is 1.45. The zero-order valence-corrected chi connectivity index (χ0v) is 28.7. The number of hydrogen-bond acceptors (Lipinski definition) is 18. The van der Waals surface area contributed by atoms with E-state index in [-0.39, 0.29) is 65.9 Å². The molecule has 0 aromatic carbocycles. The third-order valence-electron chi connectivity index (χ3n) is 7.68. The van der Waals surface area contributed by atoms with E-state index in [0.29, 0.717) is 45.4 Å². The Morgan fingerprint density at radius 3 is 1.86 bits per heavy atom. The predicted molar refractivity (Wildman–Crippen MR) is 173 cm³/mol.